The third kappa shape index (κ3) is 4.16. The Morgan fingerprint density at radius 1 is 1.22 bits per heavy atom. The van der Waals surface area contributed by atoms with Crippen molar-refractivity contribution in [3.8, 4) is 0 Å². The first-order valence-electron chi connectivity index (χ1n) is 8.86. The zero-order valence-electron chi connectivity index (χ0n) is 15.3. The molecular formula is C19H22N2O5S. The summed E-state index contributed by atoms with van der Waals surface area (Å²) in [6, 6.07) is 5.44. The highest BCUT2D eigenvalue weighted by Gasteiger charge is 2.43. The molecule has 2 atom stereocenters. The van der Waals surface area contributed by atoms with Gasteiger partial charge in [0.05, 0.1) is 11.1 Å². The van der Waals surface area contributed by atoms with Crippen molar-refractivity contribution >= 4 is 35.5 Å². The topological polar surface area (TPSA) is 92.8 Å². The molecule has 3 rings (SSSR count). The molecule has 8 heteroatoms. The number of carbonyl (C=O) groups excluding carboxylic acids is 4. The molecule has 0 unspecified atom stereocenters. The van der Waals surface area contributed by atoms with Crippen molar-refractivity contribution in [1.82, 2.24) is 10.2 Å². The molecule has 3 amide bonds. The van der Waals surface area contributed by atoms with E-state index in [1.807, 2.05) is 6.92 Å². The number of fused-ring (bicyclic) bond motifs is 1. The SMILES string of the molecule is CSC[C@H](C(=O)OCC(=O)N[C@H](C)C1CC1)N1C(=O)c2ccccc2C1=O. The van der Waals surface area contributed by atoms with Gasteiger partial charge in [-0.3, -0.25) is 19.3 Å². The second kappa shape index (κ2) is 8.12. The normalized spacial score (nSPS) is 18.1. The number of ether oxygens (including phenoxy) is 1. The third-order valence-electron chi connectivity index (χ3n) is 4.80. The van der Waals surface area contributed by atoms with Crippen LogP contribution in [0.25, 0.3) is 0 Å². The van der Waals surface area contributed by atoms with Gasteiger partial charge in [-0.25, -0.2) is 4.79 Å². The Bertz CT molecular complexity index is 742. The van der Waals surface area contributed by atoms with E-state index < -0.39 is 30.4 Å². The van der Waals surface area contributed by atoms with Crippen molar-refractivity contribution in [2.24, 2.45) is 5.92 Å². The Labute approximate surface area is 161 Å². The highest BCUT2D eigenvalue weighted by molar-refractivity contribution is 7.98. The third-order valence-corrected chi connectivity index (χ3v) is 5.45. The molecule has 27 heavy (non-hydrogen) atoms. The second-order valence-corrected chi connectivity index (χ2v) is 7.71. The van der Waals surface area contributed by atoms with Crippen LogP contribution in [0.4, 0.5) is 0 Å². The Kier molecular flexibility index (Phi) is 5.84. The first-order chi connectivity index (χ1) is 12.9. The van der Waals surface area contributed by atoms with Gasteiger partial charge in [0.2, 0.25) is 0 Å². The number of esters is 1. The summed E-state index contributed by atoms with van der Waals surface area (Å²) in [5.74, 6) is -1.48. The van der Waals surface area contributed by atoms with Crippen LogP contribution < -0.4 is 5.32 Å². The average Bonchev–Trinajstić information content (AvgIpc) is 3.47. The monoisotopic (exact) mass is 390 g/mol. The van der Waals surface area contributed by atoms with Crippen LogP contribution in [0.15, 0.2) is 24.3 Å². The van der Waals surface area contributed by atoms with E-state index in [-0.39, 0.29) is 28.8 Å². The van der Waals surface area contributed by atoms with Crippen LogP contribution >= 0.6 is 11.8 Å². The van der Waals surface area contributed by atoms with Crippen LogP contribution in [-0.2, 0) is 14.3 Å². The number of nitrogens with one attached hydrogen (secondary N) is 1. The summed E-state index contributed by atoms with van der Waals surface area (Å²) in [5, 5.41) is 2.80. The summed E-state index contributed by atoms with van der Waals surface area (Å²) >= 11 is 1.32. The van der Waals surface area contributed by atoms with Gasteiger partial charge in [-0.05, 0) is 44.1 Å². The summed E-state index contributed by atoms with van der Waals surface area (Å²) in [6.07, 6.45) is 3.95. The van der Waals surface area contributed by atoms with Crippen molar-refractivity contribution in [2.75, 3.05) is 18.6 Å². The van der Waals surface area contributed by atoms with Gasteiger partial charge in [-0.2, -0.15) is 11.8 Å². The molecule has 1 aromatic carbocycles. The Morgan fingerprint density at radius 2 is 1.81 bits per heavy atom. The molecule has 2 aliphatic rings. The summed E-state index contributed by atoms with van der Waals surface area (Å²) < 4.78 is 5.12. The molecule has 0 bridgehead atoms. The number of carbonyl (C=O) groups is 4. The molecule has 1 fully saturated rings. The number of amides is 3. The number of nitrogens with zero attached hydrogens (tertiary/aromatic N) is 1. The zero-order chi connectivity index (χ0) is 19.6. The maximum atomic E-state index is 12.6. The molecular weight excluding hydrogens is 368 g/mol. The van der Waals surface area contributed by atoms with Crippen LogP contribution in [0.2, 0.25) is 0 Å². The highest BCUT2D eigenvalue weighted by Crippen LogP contribution is 2.32. The lowest BCUT2D eigenvalue weighted by atomic mass is 10.1. The summed E-state index contributed by atoms with van der Waals surface area (Å²) in [5.41, 5.74) is 0.551. The molecule has 0 saturated heterocycles. The molecule has 144 valence electrons. The average molecular weight is 390 g/mol. The van der Waals surface area contributed by atoms with E-state index in [9.17, 15) is 19.2 Å². The maximum Gasteiger partial charge on any atom is 0.330 e. The molecule has 1 heterocycles. The lowest BCUT2D eigenvalue weighted by Crippen LogP contribution is -2.48. The van der Waals surface area contributed by atoms with E-state index in [4.69, 9.17) is 4.74 Å². The van der Waals surface area contributed by atoms with Gasteiger partial charge in [0.25, 0.3) is 17.7 Å². The quantitative estimate of drug-likeness (QED) is 0.534. The number of hydrogen-bond donors (Lipinski definition) is 1. The van der Waals surface area contributed by atoms with Crippen molar-refractivity contribution in [2.45, 2.75) is 31.8 Å². The molecule has 0 spiro atoms. The van der Waals surface area contributed by atoms with Crippen LogP contribution in [0, 0.1) is 5.92 Å². The number of hydrogen-bond acceptors (Lipinski definition) is 6. The molecule has 1 N–H and O–H groups in total. The van der Waals surface area contributed by atoms with E-state index in [1.165, 1.54) is 11.8 Å². The second-order valence-electron chi connectivity index (χ2n) is 6.80. The van der Waals surface area contributed by atoms with Gasteiger partial charge in [0.15, 0.2) is 6.61 Å². The van der Waals surface area contributed by atoms with Gasteiger partial charge in [0.1, 0.15) is 6.04 Å². The van der Waals surface area contributed by atoms with Crippen LogP contribution in [0.5, 0.6) is 0 Å². The first-order valence-corrected chi connectivity index (χ1v) is 10.2. The predicted octanol–water partition coefficient (Wildman–Crippen LogP) is 1.47. The maximum absolute atomic E-state index is 12.6. The van der Waals surface area contributed by atoms with Crippen molar-refractivity contribution in [1.29, 1.82) is 0 Å². The number of benzene rings is 1. The first kappa shape index (κ1) is 19.4. The zero-order valence-corrected chi connectivity index (χ0v) is 16.1. The molecule has 7 nitrogen and oxygen atoms in total. The molecule has 0 aromatic heterocycles. The van der Waals surface area contributed by atoms with Crippen molar-refractivity contribution in [3.05, 3.63) is 35.4 Å². The number of thioether (sulfide) groups is 1. The van der Waals surface area contributed by atoms with Crippen LogP contribution in [-0.4, -0.2) is 59.3 Å². The van der Waals surface area contributed by atoms with Gasteiger partial charge in [-0.15, -0.1) is 0 Å². The smallest absolute Gasteiger partial charge is 0.330 e. The van der Waals surface area contributed by atoms with E-state index in [0.29, 0.717) is 5.92 Å². The fraction of sp³-hybridized carbons (Fsp3) is 0.474. The molecule has 1 aromatic rings. The number of rotatable bonds is 8. The highest BCUT2D eigenvalue weighted by atomic mass is 32.2. The van der Waals surface area contributed by atoms with Gasteiger partial charge < -0.3 is 10.1 Å². The minimum atomic E-state index is -1.07. The molecule has 1 aliphatic heterocycles. The summed E-state index contributed by atoms with van der Waals surface area (Å²) in [7, 11) is 0. The fourth-order valence-corrected chi connectivity index (χ4v) is 3.74. The lowest BCUT2D eigenvalue weighted by molar-refractivity contribution is -0.151. The largest absolute Gasteiger partial charge is 0.454 e. The Balaban J connectivity index is 1.64. The van der Waals surface area contributed by atoms with Crippen LogP contribution in [0.3, 0.4) is 0 Å². The summed E-state index contributed by atoms with van der Waals surface area (Å²) in [4.78, 5) is 50.6. The molecule has 0 radical (unpaired) electrons. The van der Waals surface area contributed by atoms with Crippen LogP contribution in [0.1, 0.15) is 40.5 Å². The van der Waals surface area contributed by atoms with Crippen molar-refractivity contribution < 1.29 is 23.9 Å². The molecule has 1 aliphatic carbocycles. The minimum Gasteiger partial charge on any atom is -0.454 e. The summed E-state index contributed by atoms with van der Waals surface area (Å²) in [6.45, 7) is 1.50. The lowest BCUT2D eigenvalue weighted by Gasteiger charge is -2.24. The standard InChI is InChI=1S/C19H22N2O5S/c1-11(12-7-8-12)20-16(22)9-26-19(25)15(10-27-2)21-17(23)13-5-3-4-6-14(13)18(21)24/h3-6,11-12,15H,7-10H2,1-2H3,(H,20,22)/t11-,15-/m1/s1. The minimum absolute atomic E-state index is 0.0504. The van der Waals surface area contributed by atoms with Gasteiger partial charge in [-0.1, -0.05) is 12.1 Å². The van der Waals surface area contributed by atoms with Gasteiger partial charge in [0, 0.05) is 11.8 Å². The fourth-order valence-electron chi connectivity index (χ4n) is 3.14. The van der Waals surface area contributed by atoms with E-state index in [0.717, 1.165) is 17.7 Å². The Hall–Kier alpha value is -2.35. The number of imide groups is 1. The van der Waals surface area contributed by atoms with E-state index in [2.05, 4.69) is 5.32 Å². The van der Waals surface area contributed by atoms with E-state index in [1.54, 1.807) is 30.5 Å². The van der Waals surface area contributed by atoms with E-state index >= 15 is 0 Å². The predicted molar refractivity (Wildman–Crippen MR) is 100 cm³/mol. The molecule has 1 saturated carbocycles. The van der Waals surface area contributed by atoms with Crippen molar-refractivity contribution in [3.63, 3.8) is 0 Å². The van der Waals surface area contributed by atoms with Gasteiger partial charge >= 0.3 is 5.97 Å². The Morgan fingerprint density at radius 3 is 2.33 bits per heavy atom.